The standard InChI is InChI=1S/C11H9ClFN3O2S/c1-16-11(19-5-9(17)18)14-10(15-16)6-2-3-8(13)7(12)4-6/h2-4H,5H2,1H3,(H,17,18). The van der Waals surface area contributed by atoms with Crippen LogP contribution in [0.15, 0.2) is 23.4 Å². The Bertz CT molecular complexity index is 632. The summed E-state index contributed by atoms with van der Waals surface area (Å²) >= 11 is 6.75. The smallest absolute Gasteiger partial charge is 0.313 e. The number of thioether (sulfide) groups is 1. The van der Waals surface area contributed by atoms with Crippen LogP contribution in [-0.2, 0) is 11.8 Å². The number of hydrogen-bond acceptors (Lipinski definition) is 4. The summed E-state index contributed by atoms with van der Waals surface area (Å²) in [7, 11) is 1.66. The number of benzene rings is 1. The van der Waals surface area contributed by atoms with Crippen molar-refractivity contribution >= 4 is 29.3 Å². The van der Waals surface area contributed by atoms with Crippen molar-refractivity contribution in [1.82, 2.24) is 14.8 Å². The number of rotatable bonds is 4. The van der Waals surface area contributed by atoms with E-state index >= 15 is 0 Å². The van der Waals surface area contributed by atoms with E-state index in [1.807, 2.05) is 0 Å². The summed E-state index contributed by atoms with van der Waals surface area (Å²) in [5, 5.41) is 13.2. The number of aromatic nitrogens is 3. The molecule has 19 heavy (non-hydrogen) atoms. The first kappa shape index (κ1) is 13.8. The Morgan fingerprint density at radius 1 is 1.58 bits per heavy atom. The molecule has 0 bridgehead atoms. The summed E-state index contributed by atoms with van der Waals surface area (Å²) in [5.74, 6) is -1.17. The lowest BCUT2D eigenvalue weighted by Gasteiger charge is -1.97. The van der Waals surface area contributed by atoms with Crippen molar-refractivity contribution in [3.63, 3.8) is 0 Å². The Balaban J connectivity index is 2.28. The molecule has 0 saturated heterocycles. The third-order valence-electron chi connectivity index (χ3n) is 2.23. The highest BCUT2D eigenvalue weighted by atomic mass is 35.5. The molecule has 0 saturated carbocycles. The molecule has 0 atom stereocenters. The van der Waals surface area contributed by atoms with Gasteiger partial charge in [0.1, 0.15) is 5.82 Å². The zero-order chi connectivity index (χ0) is 14.0. The van der Waals surface area contributed by atoms with Gasteiger partial charge in [-0.1, -0.05) is 23.4 Å². The number of nitrogens with zero attached hydrogens (tertiary/aromatic N) is 3. The van der Waals surface area contributed by atoms with Crippen LogP contribution in [-0.4, -0.2) is 31.6 Å². The maximum absolute atomic E-state index is 13.1. The van der Waals surface area contributed by atoms with E-state index in [1.165, 1.54) is 22.9 Å². The molecule has 0 unspecified atom stereocenters. The zero-order valence-corrected chi connectivity index (χ0v) is 11.4. The van der Waals surface area contributed by atoms with Crippen molar-refractivity contribution in [1.29, 1.82) is 0 Å². The van der Waals surface area contributed by atoms with Gasteiger partial charge in [0.05, 0.1) is 10.8 Å². The molecule has 0 aliphatic heterocycles. The van der Waals surface area contributed by atoms with Gasteiger partial charge in [-0.05, 0) is 18.2 Å². The van der Waals surface area contributed by atoms with Crippen molar-refractivity contribution < 1.29 is 14.3 Å². The lowest BCUT2D eigenvalue weighted by molar-refractivity contribution is -0.133. The first-order valence-electron chi connectivity index (χ1n) is 5.18. The van der Waals surface area contributed by atoms with Crippen LogP contribution in [0.2, 0.25) is 5.02 Å². The van der Waals surface area contributed by atoms with E-state index in [4.69, 9.17) is 16.7 Å². The number of aryl methyl sites for hydroxylation is 1. The van der Waals surface area contributed by atoms with Crippen molar-refractivity contribution in [3.05, 3.63) is 29.0 Å². The summed E-state index contributed by atoms with van der Waals surface area (Å²) in [6.07, 6.45) is 0. The fourth-order valence-electron chi connectivity index (χ4n) is 1.38. The SMILES string of the molecule is Cn1nc(-c2ccc(F)c(Cl)c2)nc1SCC(=O)O. The fourth-order valence-corrected chi connectivity index (χ4v) is 2.19. The lowest BCUT2D eigenvalue weighted by Crippen LogP contribution is -2.00. The molecule has 2 aromatic rings. The summed E-state index contributed by atoms with van der Waals surface area (Å²) in [5.41, 5.74) is 0.573. The van der Waals surface area contributed by atoms with E-state index < -0.39 is 11.8 Å². The van der Waals surface area contributed by atoms with E-state index in [9.17, 15) is 9.18 Å². The van der Waals surface area contributed by atoms with E-state index in [0.29, 0.717) is 16.5 Å². The molecule has 1 aromatic carbocycles. The molecular formula is C11H9ClFN3O2S. The Morgan fingerprint density at radius 2 is 2.32 bits per heavy atom. The van der Waals surface area contributed by atoms with Gasteiger partial charge in [0.25, 0.3) is 0 Å². The highest BCUT2D eigenvalue weighted by Crippen LogP contribution is 2.24. The fraction of sp³-hybridized carbons (Fsp3) is 0.182. The highest BCUT2D eigenvalue weighted by molar-refractivity contribution is 7.99. The molecule has 0 radical (unpaired) electrons. The summed E-state index contributed by atoms with van der Waals surface area (Å²) in [6, 6.07) is 4.18. The maximum Gasteiger partial charge on any atom is 0.313 e. The zero-order valence-electron chi connectivity index (χ0n) is 9.80. The van der Waals surface area contributed by atoms with Gasteiger partial charge in [0.2, 0.25) is 0 Å². The topological polar surface area (TPSA) is 68.0 Å². The summed E-state index contributed by atoms with van der Waals surface area (Å²) < 4.78 is 14.5. The van der Waals surface area contributed by atoms with Gasteiger partial charge in [0, 0.05) is 12.6 Å². The Kier molecular flexibility index (Phi) is 4.06. The average Bonchev–Trinajstić information content (AvgIpc) is 2.71. The van der Waals surface area contributed by atoms with Gasteiger partial charge in [-0.15, -0.1) is 0 Å². The van der Waals surface area contributed by atoms with Gasteiger partial charge in [-0.25, -0.2) is 14.1 Å². The number of carboxylic acids is 1. The first-order valence-corrected chi connectivity index (χ1v) is 6.55. The van der Waals surface area contributed by atoms with Crippen molar-refractivity contribution in [2.24, 2.45) is 7.05 Å². The molecular weight excluding hydrogens is 293 g/mol. The van der Waals surface area contributed by atoms with Crippen LogP contribution in [0, 0.1) is 5.82 Å². The summed E-state index contributed by atoms with van der Waals surface area (Å²) in [6.45, 7) is 0. The minimum Gasteiger partial charge on any atom is -0.481 e. The molecule has 0 amide bonds. The molecule has 0 spiro atoms. The van der Waals surface area contributed by atoms with E-state index in [1.54, 1.807) is 7.05 Å². The molecule has 0 fully saturated rings. The van der Waals surface area contributed by atoms with Crippen LogP contribution in [0.25, 0.3) is 11.4 Å². The normalized spacial score (nSPS) is 10.7. The molecule has 5 nitrogen and oxygen atoms in total. The second-order valence-corrected chi connectivity index (χ2v) is 5.00. The molecule has 100 valence electrons. The van der Waals surface area contributed by atoms with Gasteiger partial charge in [0.15, 0.2) is 11.0 Å². The molecule has 1 N–H and O–H groups in total. The Hall–Kier alpha value is -1.60. The molecule has 2 rings (SSSR count). The predicted molar refractivity (Wildman–Crippen MR) is 69.8 cm³/mol. The number of hydrogen-bond donors (Lipinski definition) is 1. The molecule has 0 aliphatic rings. The van der Waals surface area contributed by atoms with Crippen molar-refractivity contribution in [2.45, 2.75) is 5.16 Å². The molecule has 1 heterocycles. The number of carbonyl (C=O) groups is 1. The molecule has 1 aromatic heterocycles. The van der Waals surface area contributed by atoms with Gasteiger partial charge >= 0.3 is 5.97 Å². The maximum atomic E-state index is 13.1. The lowest BCUT2D eigenvalue weighted by atomic mass is 10.2. The van der Waals surface area contributed by atoms with Crippen molar-refractivity contribution in [2.75, 3.05) is 5.75 Å². The van der Waals surface area contributed by atoms with Crippen LogP contribution in [0.5, 0.6) is 0 Å². The van der Waals surface area contributed by atoms with Crippen LogP contribution in [0.1, 0.15) is 0 Å². The van der Waals surface area contributed by atoms with Gasteiger partial charge < -0.3 is 5.11 Å². The highest BCUT2D eigenvalue weighted by Gasteiger charge is 2.12. The molecule has 0 aliphatic carbocycles. The predicted octanol–water partition coefficient (Wildman–Crippen LogP) is 2.45. The van der Waals surface area contributed by atoms with Gasteiger partial charge in [-0.2, -0.15) is 5.10 Å². The third kappa shape index (κ3) is 3.24. The minimum absolute atomic E-state index is 0.00954. The first-order chi connectivity index (χ1) is 8.97. The Labute approximate surface area is 117 Å². The molecule has 8 heteroatoms. The summed E-state index contributed by atoms with van der Waals surface area (Å²) in [4.78, 5) is 14.7. The minimum atomic E-state index is -0.931. The third-order valence-corrected chi connectivity index (χ3v) is 3.52. The van der Waals surface area contributed by atoms with Crippen molar-refractivity contribution in [3.8, 4) is 11.4 Å². The quantitative estimate of drug-likeness (QED) is 0.879. The largest absolute Gasteiger partial charge is 0.481 e. The van der Waals surface area contributed by atoms with Crippen LogP contribution >= 0.6 is 23.4 Å². The second-order valence-electron chi connectivity index (χ2n) is 3.65. The van der Waals surface area contributed by atoms with E-state index in [0.717, 1.165) is 11.8 Å². The number of carboxylic acid groups (broad SMARTS) is 1. The van der Waals surface area contributed by atoms with Crippen LogP contribution in [0.4, 0.5) is 4.39 Å². The van der Waals surface area contributed by atoms with E-state index in [2.05, 4.69) is 10.1 Å². The number of aliphatic carboxylic acids is 1. The van der Waals surface area contributed by atoms with Crippen LogP contribution in [0.3, 0.4) is 0 Å². The van der Waals surface area contributed by atoms with E-state index in [-0.39, 0.29) is 10.8 Å². The second kappa shape index (κ2) is 5.58. The monoisotopic (exact) mass is 301 g/mol. The van der Waals surface area contributed by atoms with Crippen LogP contribution < -0.4 is 0 Å². The van der Waals surface area contributed by atoms with Gasteiger partial charge in [-0.3, -0.25) is 4.79 Å². The number of halogens is 2. The average molecular weight is 302 g/mol. The Morgan fingerprint density at radius 3 is 2.95 bits per heavy atom.